The summed E-state index contributed by atoms with van der Waals surface area (Å²) in [6.45, 7) is 5.30. The van der Waals surface area contributed by atoms with Crippen LogP contribution in [0.15, 0.2) is 18.3 Å². The Morgan fingerprint density at radius 1 is 1.39 bits per heavy atom. The summed E-state index contributed by atoms with van der Waals surface area (Å²) in [5.41, 5.74) is 10.2. The summed E-state index contributed by atoms with van der Waals surface area (Å²) in [5.74, 6) is 0.304. The smallest absolute Gasteiger partial charge is 0.220 e. The number of rotatable bonds is 1. The van der Waals surface area contributed by atoms with Crippen LogP contribution in [-0.2, 0) is 13.0 Å². The van der Waals surface area contributed by atoms with Crippen LogP contribution in [-0.4, -0.2) is 20.5 Å². The number of hydrogen-bond donors (Lipinski definition) is 3. The molecule has 0 unspecified atom stereocenters. The highest BCUT2D eigenvalue weighted by molar-refractivity contribution is 5.58. The zero-order valence-corrected chi connectivity index (χ0v) is 10.6. The van der Waals surface area contributed by atoms with Crippen molar-refractivity contribution in [3.8, 4) is 11.4 Å². The maximum Gasteiger partial charge on any atom is 0.220 e. The normalized spacial score (nSPS) is 17.4. The highest BCUT2D eigenvalue weighted by Gasteiger charge is 2.26. The van der Waals surface area contributed by atoms with Crippen LogP contribution >= 0.6 is 0 Å². The van der Waals surface area contributed by atoms with Crippen molar-refractivity contribution in [1.82, 2.24) is 20.3 Å². The second kappa shape index (κ2) is 3.81. The zero-order chi connectivity index (χ0) is 12.8. The molecule has 2 aromatic heterocycles. The Morgan fingerprint density at radius 3 is 3.00 bits per heavy atom. The standard InChI is InChI=1S/C13H17N5/c1-13(2)6-11-8(7-16-13)5-10(17-11)9-3-4-15-12(14)18-9/h3-5,16-17H,6-7H2,1-2H3,(H2,14,15,18). The Morgan fingerprint density at radius 2 is 2.22 bits per heavy atom. The topological polar surface area (TPSA) is 79.6 Å². The monoisotopic (exact) mass is 243 g/mol. The molecule has 3 rings (SSSR count). The summed E-state index contributed by atoms with van der Waals surface area (Å²) >= 11 is 0. The minimum Gasteiger partial charge on any atom is -0.368 e. The molecule has 0 fully saturated rings. The van der Waals surface area contributed by atoms with Crippen LogP contribution in [0.1, 0.15) is 25.1 Å². The molecule has 1 aliphatic rings. The minimum atomic E-state index is 0.139. The maximum atomic E-state index is 5.61. The molecule has 1 aliphatic heterocycles. The molecule has 0 aromatic carbocycles. The Kier molecular flexibility index (Phi) is 2.38. The third-order valence-corrected chi connectivity index (χ3v) is 3.32. The van der Waals surface area contributed by atoms with Gasteiger partial charge in [-0.05, 0) is 31.5 Å². The molecule has 0 saturated heterocycles. The van der Waals surface area contributed by atoms with Gasteiger partial charge in [0, 0.05) is 30.4 Å². The lowest BCUT2D eigenvalue weighted by Crippen LogP contribution is -2.44. The van der Waals surface area contributed by atoms with Crippen molar-refractivity contribution < 1.29 is 0 Å². The van der Waals surface area contributed by atoms with Crippen molar-refractivity contribution in [3.05, 3.63) is 29.6 Å². The number of aromatic amines is 1. The minimum absolute atomic E-state index is 0.139. The van der Waals surface area contributed by atoms with Crippen molar-refractivity contribution in [2.75, 3.05) is 5.73 Å². The number of aromatic nitrogens is 3. The highest BCUT2D eigenvalue weighted by Crippen LogP contribution is 2.27. The third kappa shape index (κ3) is 1.97. The largest absolute Gasteiger partial charge is 0.368 e. The van der Waals surface area contributed by atoms with E-state index < -0.39 is 0 Å². The molecule has 2 aromatic rings. The van der Waals surface area contributed by atoms with Crippen molar-refractivity contribution in [2.45, 2.75) is 32.4 Å². The van der Waals surface area contributed by atoms with E-state index >= 15 is 0 Å². The van der Waals surface area contributed by atoms with Gasteiger partial charge >= 0.3 is 0 Å². The number of nitrogens with two attached hydrogens (primary N) is 1. The lowest BCUT2D eigenvalue weighted by atomic mass is 9.92. The molecular formula is C13H17N5. The van der Waals surface area contributed by atoms with Gasteiger partial charge in [-0.15, -0.1) is 0 Å². The lowest BCUT2D eigenvalue weighted by molar-refractivity contribution is 0.360. The summed E-state index contributed by atoms with van der Waals surface area (Å²) in [5, 5.41) is 3.51. The van der Waals surface area contributed by atoms with E-state index in [-0.39, 0.29) is 5.54 Å². The van der Waals surface area contributed by atoms with Gasteiger partial charge in [0.2, 0.25) is 5.95 Å². The van der Waals surface area contributed by atoms with Crippen molar-refractivity contribution in [1.29, 1.82) is 0 Å². The number of hydrogen-bond acceptors (Lipinski definition) is 4. The molecular weight excluding hydrogens is 226 g/mol. The predicted octanol–water partition coefficient (Wildman–Crippen LogP) is 1.48. The van der Waals surface area contributed by atoms with Crippen LogP contribution in [0.2, 0.25) is 0 Å². The van der Waals surface area contributed by atoms with E-state index in [0.29, 0.717) is 5.95 Å². The molecule has 94 valence electrons. The summed E-state index contributed by atoms with van der Waals surface area (Å²) in [4.78, 5) is 11.6. The van der Waals surface area contributed by atoms with Gasteiger partial charge in [-0.2, -0.15) is 0 Å². The van der Waals surface area contributed by atoms with Gasteiger partial charge in [-0.25, -0.2) is 9.97 Å². The van der Waals surface area contributed by atoms with Gasteiger partial charge in [0.15, 0.2) is 0 Å². The Hall–Kier alpha value is -1.88. The molecule has 0 spiro atoms. The number of nitrogens with one attached hydrogen (secondary N) is 2. The molecule has 0 amide bonds. The zero-order valence-electron chi connectivity index (χ0n) is 10.6. The number of fused-ring (bicyclic) bond motifs is 1. The van der Waals surface area contributed by atoms with Gasteiger partial charge in [0.05, 0.1) is 11.4 Å². The van der Waals surface area contributed by atoms with Gasteiger partial charge in [0.1, 0.15) is 0 Å². The van der Waals surface area contributed by atoms with Crippen LogP contribution in [0, 0.1) is 0 Å². The Balaban J connectivity index is 1.99. The van der Waals surface area contributed by atoms with Gasteiger partial charge < -0.3 is 16.0 Å². The molecule has 3 heterocycles. The van der Waals surface area contributed by atoms with E-state index in [4.69, 9.17) is 5.73 Å². The van der Waals surface area contributed by atoms with Crippen molar-refractivity contribution in [3.63, 3.8) is 0 Å². The fraction of sp³-hybridized carbons (Fsp3) is 0.385. The summed E-state index contributed by atoms with van der Waals surface area (Å²) in [6, 6.07) is 4.01. The highest BCUT2D eigenvalue weighted by atomic mass is 15.0. The number of nitrogen functional groups attached to an aromatic ring is 1. The average molecular weight is 243 g/mol. The van der Waals surface area contributed by atoms with Crippen LogP contribution < -0.4 is 11.1 Å². The predicted molar refractivity (Wildman–Crippen MR) is 70.9 cm³/mol. The second-order valence-corrected chi connectivity index (χ2v) is 5.40. The first kappa shape index (κ1) is 11.2. The first-order valence-corrected chi connectivity index (χ1v) is 6.08. The molecule has 5 heteroatoms. The molecule has 4 N–H and O–H groups in total. The van der Waals surface area contributed by atoms with Gasteiger partial charge in [-0.1, -0.05) is 0 Å². The second-order valence-electron chi connectivity index (χ2n) is 5.40. The average Bonchev–Trinajstić information content (AvgIpc) is 2.70. The van der Waals surface area contributed by atoms with E-state index in [1.807, 2.05) is 6.07 Å². The number of nitrogens with zero attached hydrogens (tertiary/aromatic N) is 2. The first-order valence-electron chi connectivity index (χ1n) is 6.08. The SMILES string of the molecule is CC1(C)Cc2[nH]c(-c3ccnc(N)n3)cc2CN1. The molecule has 0 atom stereocenters. The van der Waals surface area contributed by atoms with Crippen LogP contribution in [0.25, 0.3) is 11.4 Å². The van der Waals surface area contributed by atoms with Crippen molar-refractivity contribution in [2.24, 2.45) is 0 Å². The van der Waals surface area contributed by atoms with Crippen LogP contribution in [0.3, 0.4) is 0 Å². The fourth-order valence-electron chi connectivity index (χ4n) is 2.36. The Labute approximate surface area is 106 Å². The van der Waals surface area contributed by atoms with E-state index in [9.17, 15) is 0 Å². The summed E-state index contributed by atoms with van der Waals surface area (Å²) in [7, 11) is 0. The van der Waals surface area contributed by atoms with E-state index in [2.05, 4.69) is 40.2 Å². The summed E-state index contributed by atoms with van der Waals surface area (Å²) in [6.07, 6.45) is 2.67. The van der Waals surface area contributed by atoms with E-state index in [1.54, 1.807) is 6.20 Å². The molecule has 0 radical (unpaired) electrons. The molecule has 0 aliphatic carbocycles. The van der Waals surface area contributed by atoms with Gasteiger partial charge in [0.25, 0.3) is 0 Å². The number of H-pyrrole nitrogens is 1. The van der Waals surface area contributed by atoms with Crippen molar-refractivity contribution >= 4 is 5.95 Å². The quantitative estimate of drug-likeness (QED) is 0.708. The molecule has 0 saturated carbocycles. The van der Waals surface area contributed by atoms with Crippen LogP contribution in [0.5, 0.6) is 0 Å². The molecule has 18 heavy (non-hydrogen) atoms. The van der Waals surface area contributed by atoms with E-state index in [1.165, 1.54) is 11.3 Å². The van der Waals surface area contributed by atoms with E-state index in [0.717, 1.165) is 24.4 Å². The first-order chi connectivity index (χ1) is 8.53. The maximum absolute atomic E-state index is 5.61. The third-order valence-electron chi connectivity index (χ3n) is 3.32. The van der Waals surface area contributed by atoms with Crippen LogP contribution in [0.4, 0.5) is 5.95 Å². The lowest BCUT2D eigenvalue weighted by Gasteiger charge is -2.30. The molecule has 0 bridgehead atoms. The Bertz CT molecular complexity index is 585. The fourth-order valence-corrected chi connectivity index (χ4v) is 2.36. The van der Waals surface area contributed by atoms with Gasteiger partial charge in [-0.3, -0.25) is 0 Å². The molecule has 5 nitrogen and oxygen atoms in total. The number of anilines is 1. The summed E-state index contributed by atoms with van der Waals surface area (Å²) < 4.78 is 0.